The monoisotopic (exact) mass is 323 g/mol. The predicted octanol–water partition coefficient (Wildman–Crippen LogP) is 0.802. The summed E-state index contributed by atoms with van der Waals surface area (Å²) < 4.78 is 32.6. The lowest BCUT2D eigenvalue weighted by molar-refractivity contribution is 0.158. The lowest BCUT2D eigenvalue weighted by Crippen LogP contribution is -2.60. The van der Waals surface area contributed by atoms with Gasteiger partial charge >= 0.3 is 16.3 Å². The topological polar surface area (TPSA) is 111 Å². The molecule has 0 aromatic rings. The fraction of sp³-hybridized carbons (Fsp3) is 0.818. The van der Waals surface area contributed by atoms with Crippen molar-refractivity contribution in [3.8, 4) is 0 Å². The standard InChI is InChI=1S/C11H21N3O4S2/c1-3-18-10(15)13-20(16,17)14-11(9(12)19)6-4-8(2)5-7-11/h8,14H,3-7H2,1-2H3,(H2,12,19)(H,13,15). The van der Waals surface area contributed by atoms with Gasteiger partial charge in [0, 0.05) is 0 Å². The van der Waals surface area contributed by atoms with Gasteiger partial charge in [-0.3, -0.25) is 0 Å². The fourth-order valence-corrected chi connectivity index (χ4v) is 3.68. The average Bonchev–Trinajstić information content (AvgIpc) is 2.31. The molecule has 0 saturated heterocycles. The zero-order valence-corrected chi connectivity index (χ0v) is 13.3. The van der Waals surface area contributed by atoms with Gasteiger partial charge in [-0.2, -0.15) is 13.1 Å². The van der Waals surface area contributed by atoms with Crippen molar-refractivity contribution in [1.82, 2.24) is 9.44 Å². The lowest BCUT2D eigenvalue weighted by atomic mass is 9.78. The highest BCUT2D eigenvalue weighted by Gasteiger charge is 2.40. The molecule has 4 N–H and O–H groups in total. The van der Waals surface area contributed by atoms with Crippen LogP contribution in [0.3, 0.4) is 0 Å². The summed E-state index contributed by atoms with van der Waals surface area (Å²) >= 11 is 5.01. The summed E-state index contributed by atoms with van der Waals surface area (Å²) in [6, 6.07) is 0. The molecule has 1 fully saturated rings. The summed E-state index contributed by atoms with van der Waals surface area (Å²) in [4.78, 5) is 11.3. The van der Waals surface area contributed by atoms with E-state index in [0.717, 1.165) is 12.8 Å². The van der Waals surface area contributed by atoms with Crippen LogP contribution >= 0.6 is 12.2 Å². The van der Waals surface area contributed by atoms with Crippen molar-refractivity contribution in [2.45, 2.75) is 45.1 Å². The van der Waals surface area contributed by atoms with Crippen molar-refractivity contribution < 1.29 is 17.9 Å². The molecule has 0 bridgehead atoms. The molecule has 0 heterocycles. The van der Waals surface area contributed by atoms with E-state index in [4.69, 9.17) is 18.0 Å². The molecule has 116 valence electrons. The fourth-order valence-electron chi connectivity index (χ4n) is 2.21. The Labute approximate surface area is 124 Å². The van der Waals surface area contributed by atoms with Crippen LogP contribution in [0.2, 0.25) is 0 Å². The summed E-state index contributed by atoms with van der Waals surface area (Å²) in [5.74, 6) is 0.500. The molecule has 1 aliphatic rings. The number of nitrogens with two attached hydrogens (primary N) is 1. The summed E-state index contributed by atoms with van der Waals surface area (Å²) in [5.41, 5.74) is 4.73. The van der Waals surface area contributed by atoms with Crippen molar-refractivity contribution in [2.24, 2.45) is 11.7 Å². The smallest absolute Gasteiger partial charge is 0.421 e. The second-order valence-corrected chi connectivity index (χ2v) is 6.91. The Morgan fingerprint density at radius 2 is 2.00 bits per heavy atom. The second-order valence-electron chi connectivity index (χ2n) is 5.06. The molecule has 1 amide bonds. The number of hydrogen-bond acceptors (Lipinski definition) is 5. The highest BCUT2D eigenvalue weighted by molar-refractivity contribution is 7.88. The summed E-state index contributed by atoms with van der Waals surface area (Å²) in [5, 5.41) is 0. The minimum absolute atomic E-state index is 0.0827. The average molecular weight is 323 g/mol. The van der Waals surface area contributed by atoms with Crippen LogP contribution in [0, 0.1) is 5.92 Å². The van der Waals surface area contributed by atoms with Crippen molar-refractivity contribution >= 4 is 33.5 Å². The Morgan fingerprint density at radius 3 is 2.45 bits per heavy atom. The van der Waals surface area contributed by atoms with E-state index in [1.807, 2.05) is 0 Å². The molecule has 7 nitrogen and oxygen atoms in total. The molecule has 20 heavy (non-hydrogen) atoms. The van der Waals surface area contributed by atoms with Gasteiger partial charge in [-0.1, -0.05) is 19.1 Å². The summed E-state index contributed by atoms with van der Waals surface area (Å²) in [6.07, 6.45) is 1.65. The molecule has 0 spiro atoms. The van der Waals surface area contributed by atoms with Gasteiger partial charge in [0.2, 0.25) is 0 Å². The maximum Gasteiger partial charge on any atom is 0.421 e. The molecule has 0 atom stereocenters. The number of carbonyl (C=O) groups excluding carboxylic acids is 1. The molecule has 0 aromatic carbocycles. The molecule has 1 rings (SSSR count). The maximum absolute atomic E-state index is 11.9. The Bertz CT molecular complexity index is 470. The van der Waals surface area contributed by atoms with Crippen LogP contribution < -0.4 is 15.2 Å². The number of rotatable bonds is 5. The molecule has 0 aliphatic heterocycles. The van der Waals surface area contributed by atoms with E-state index in [9.17, 15) is 13.2 Å². The van der Waals surface area contributed by atoms with Gasteiger partial charge in [0.15, 0.2) is 0 Å². The lowest BCUT2D eigenvalue weighted by Gasteiger charge is -2.38. The van der Waals surface area contributed by atoms with E-state index >= 15 is 0 Å². The van der Waals surface area contributed by atoms with Gasteiger partial charge in [0.25, 0.3) is 0 Å². The molecule has 1 saturated carbocycles. The molecule has 0 aromatic heterocycles. The number of carbonyl (C=O) groups is 1. The first kappa shape index (κ1) is 17.1. The van der Waals surface area contributed by atoms with Gasteiger partial charge < -0.3 is 10.5 Å². The molecular weight excluding hydrogens is 302 g/mol. The molecule has 9 heteroatoms. The normalized spacial score (nSPS) is 26.8. The van der Waals surface area contributed by atoms with E-state index in [1.54, 1.807) is 11.6 Å². The minimum Gasteiger partial charge on any atom is -0.449 e. The van der Waals surface area contributed by atoms with E-state index in [-0.39, 0.29) is 11.6 Å². The first-order valence-electron chi connectivity index (χ1n) is 6.49. The second kappa shape index (κ2) is 6.68. The van der Waals surface area contributed by atoms with Gasteiger partial charge in [-0.25, -0.2) is 9.52 Å². The highest BCUT2D eigenvalue weighted by atomic mass is 32.2. The van der Waals surface area contributed by atoms with Gasteiger partial charge in [0.05, 0.1) is 17.1 Å². The van der Waals surface area contributed by atoms with Gasteiger partial charge in [-0.15, -0.1) is 0 Å². The zero-order chi connectivity index (χ0) is 15.4. The highest BCUT2D eigenvalue weighted by Crippen LogP contribution is 2.32. The van der Waals surface area contributed by atoms with Crippen molar-refractivity contribution in [1.29, 1.82) is 0 Å². The number of amides is 1. The molecule has 0 radical (unpaired) electrons. The SMILES string of the molecule is CCOC(=O)NS(=O)(=O)NC1(C(N)=S)CCC(C)CC1. The molecular formula is C11H21N3O4S2. The van der Waals surface area contributed by atoms with Crippen LogP contribution in [0.5, 0.6) is 0 Å². The minimum atomic E-state index is -4.07. The molecule has 1 aliphatic carbocycles. The Morgan fingerprint density at radius 1 is 1.45 bits per heavy atom. The third-order valence-corrected chi connectivity index (χ3v) is 4.91. The van der Waals surface area contributed by atoms with Crippen LogP contribution in [0.25, 0.3) is 0 Å². The van der Waals surface area contributed by atoms with E-state index in [2.05, 4.69) is 16.4 Å². The van der Waals surface area contributed by atoms with E-state index in [1.165, 1.54) is 0 Å². The van der Waals surface area contributed by atoms with Crippen LogP contribution in [-0.4, -0.2) is 31.6 Å². The number of thiocarbonyl (C=S) groups is 1. The number of hydrogen-bond donors (Lipinski definition) is 3. The van der Waals surface area contributed by atoms with Gasteiger partial charge in [0.1, 0.15) is 0 Å². The predicted molar refractivity (Wildman–Crippen MR) is 79.4 cm³/mol. The number of ether oxygens (including phenoxy) is 1. The molecule has 0 unspecified atom stereocenters. The largest absolute Gasteiger partial charge is 0.449 e. The Kier molecular flexibility index (Phi) is 5.72. The van der Waals surface area contributed by atoms with Crippen LogP contribution in [0.1, 0.15) is 39.5 Å². The van der Waals surface area contributed by atoms with Crippen LogP contribution in [-0.2, 0) is 14.9 Å². The van der Waals surface area contributed by atoms with Gasteiger partial charge in [-0.05, 0) is 38.5 Å². The quantitative estimate of drug-likeness (QED) is 0.646. The summed E-state index contributed by atoms with van der Waals surface area (Å²) in [6.45, 7) is 3.76. The Balaban J connectivity index is 2.80. The first-order chi connectivity index (χ1) is 9.21. The van der Waals surface area contributed by atoms with Crippen molar-refractivity contribution in [2.75, 3.05) is 6.61 Å². The third-order valence-electron chi connectivity index (χ3n) is 3.42. The Hall–Kier alpha value is -0.930. The zero-order valence-electron chi connectivity index (χ0n) is 11.6. The first-order valence-corrected chi connectivity index (χ1v) is 8.38. The van der Waals surface area contributed by atoms with E-state index < -0.39 is 21.8 Å². The van der Waals surface area contributed by atoms with Crippen molar-refractivity contribution in [3.05, 3.63) is 0 Å². The van der Waals surface area contributed by atoms with Crippen molar-refractivity contribution in [3.63, 3.8) is 0 Å². The van der Waals surface area contributed by atoms with Crippen LogP contribution in [0.15, 0.2) is 0 Å². The number of nitrogens with one attached hydrogen (secondary N) is 2. The van der Waals surface area contributed by atoms with Crippen LogP contribution in [0.4, 0.5) is 4.79 Å². The summed E-state index contributed by atoms with van der Waals surface area (Å²) in [7, 11) is -4.07. The third kappa shape index (κ3) is 4.57. The van der Waals surface area contributed by atoms with E-state index in [0.29, 0.717) is 18.8 Å². The maximum atomic E-state index is 11.9.